The van der Waals surface area contributed by atoms with E-state index in [0.717, 1.165) is 5.92 Å². The SMILES string of the molecule is CCC(C)CC(N)C1(N(C)C)CCCCCC1. The highest BCUT2D eigenvalue weighted by atomic mass is 15.2. The molecule has 0 radical (unpaired) electrons. The van der Waals surface area contributed by atoms with Crippen LogP contribution in [0.5, 0.6) is 0 Å². The number of rotatable bonds is 5. The third-order valence-electron chi connectivity index (χ3n) is 4.90. The first-order valence-electron chi connectivity index (χ1n) is 7.46. The first-order valence-corrected chi connectivity index (χ1v) is 7.46. The number of nitrogens with two attached hydrogens (primary N) is 1. The van der Waals surface area contributed by atoms with E-state index >= 15 is 0 Å². The first kappa shape index (κ1) is 15.0. The van der Waals surface area contributed by atoms with E-state index < -0.39 is 0 Å². The summed E-state index contributed by atoms with van der Waals surface area (Å²) < 4.78 is 0. The van der Waals surface area contributed by atoms with E-state index in [9.17, 15) is 0 Å². The predicted molar refractivity (Wildman–Crippen MR) is 76.2 cm³/mol. The Morgan fingerprint density at radius 3 is 2.06 bits per heavy atom. The lowest BCUT2D eigenvalue weighted by molar-refractivity contribution is 0.0865. The summed E-state index contributed by atoms with van der Waals surface area (Å²) in [6, 6.07) is 0.338. The molecule has 0 bridgehead atoms. The Labute approximate surface area is 108 Å². The van der Waals surface area contributed by atoms with Crippen molar-refractivity contribution in [3.63, 3.8) is 0 Å². The van der Waals surface area contributed by atoms with E-state index in [2.05, 4.69) is 32.8 Å². The van der Waals surface area contributed by atoms with Crippen molar-refractivity contribution in [1.82, 2.24) is 4.90 Å². The lowest BCUT2D eigenvalue weighted by Gasteiger charge is -2.45. The molecule has 2 heteroatoms. The molecule has 0 aromatic carbocycles. The number of likely N-dealkylation sites (N-methyl/N-ethyl adjacent to an activating group) is 1. The molecule has 0 heterocycles. The topological polar surface area (TPSA) is 29.3 Å². The Balaban J connectivity index is 2.74. The molecule has 0 aromatic heterocycles. The summed E-state index contributed by atoms with van der Waals surface area (Å²) in [5, 5.41) is 0. The van der Waals surface area contributed by atoms with E-state index in [1.165, 1.54) is 51.4 Å². The fourth-order valence-electron chi connectivity index (χ4n) is 3.31. The molecule has 1 aliphatic carbocycles. The van der Waals surface area contributed by atoms with Gasteiger partial charge in [-0.05, 0) is 39.3 Å². The van der Waals surface area contributed by atoms with Crippen LogP contribution in [0.25, 0.3) is 0 Å². The quantitative estimate of drug-likeness (QED) is 0.746. The predicted octanol–water partition coefficient (Wildman–Crippen LogP) is 3.40. The van der Waals surface area contributed by atoms with Crippen molar-refractivity contribution in [2.75, 3.05) is 14.1 Å². The van der Waals surface area contributed by atoms with Crippen molar-refractivity contribution in [1.29, 1.82) is 0 Å². The second-order valence-electron chi connectivity index (χ2n) is 6.27. The average Bonchev–Trinajstić information content (AvgIpc) is 2.54. The van der Waals surface area contributed by atoms with Crippen LogP contribution in [0.1, 0.15) is 65.2 Å². The van der Waals surface area contributed by atoms with Crippen LogP contribution in [0.3, 0.4) is 0 Å². The van der Waals surface area contributed by atoms with Crippen molar-refractivity contribution < 1.29 is 0 Å². The smallest absolute Gasteiger partial charge is 0.0354 e. The van der Waals surface area contributed by atoms with E-state index in [0.29, 0.717) is 6.04 Å². The molecule has 1 fully saturated rings. The Morgan fingerprint density at radius 1 is 1.12 bits per heavy atom. The highest BCUT2D eigenvalue weighted by molar-refractivity contribution is 4.98. The second-order valence-corrected chi connectivity index (χ2v) is 6.27. The standard InChI is InChI=1S/C15H32N2/c1-5-13(2)12-14(16)15(17(3)4)10-8-6-7-9-11-15/h13-14H,5-12,16H2,1-4H3. The molecule has 102 valence electrons. The van der Waals surface area contributed by atoms with Crippen LogP contribution in [0, 0.1) is 5.92 Å². The molecule has 0 saturated heterocycles. The molecular weight excluding hydrogens is 208 g/mol. The maximum Gasteiger partial charge on any atom is 0.0354 e. The zero-order valence-electron chi connectivity index (χ0n) is 12.3. The molecule has 2 atom stereocenters. The van der Waals surface area contributed by atoms with E-state index in [-0.39, 0.29) is 5.54 Å². The van der Waals surface area contributed by atoms with Crippen LogP contribution in [0.15, 0.2) is 0 Å². The van der Waals surface area contributed by atoms with Crippen LogP contribution < -0.4 is 5.73 Å². The molecular formula is C15H32N2. The summed E-state index contributed by atoms with van der Waals surface area (Å²) in [6.07, 6.45) is 10.5. The van der Waals surface area contributed by atoms with Gasteiger partial charge in [-0.25, -0.2) is 0 Å². The van der Waals surface area contributed by atoms with Gasteiger partial charge in [0.1, 0.15) is 0 Å². The zero-order valence-corrected chi connectivity index (χ0v) is 12.3. The first-order chi connectivity index (χ1) is 8.03. The zero-order chi connectivity index (χ0) is 12.9. The van der Waals surface area contributed by atoms with Gasteiger partial charge in [-0.15, -0.1) is 0 Å². The van der Waals surface area contributed by atoms with Crippen molar-refractivity contribution in [2.45, 2.75) is 76.8 Å². The van der Waals surface area contributed by atoms with Crippen molar-refractivity contribution in [3.8, 4) is 0 Å². The van der Waals surface area contributed by atoms with Gasteiger partial charge in [0, 0.05) is 11.6 Å². The van der Waals surface area contributed by atoms with Crippen LogP contribution in [-0.4, -0.2) is 30.6 Å². The minimum Gasteiger partial charge on any atom is -0.326 e. The van der Waals surface area contributed by atoms with Gasteiger partial charge in [0.15, 0.2) is 0 Å². The summed E-state index contributed by atoms with van der Waals surface area (Å²) in [4.78, 5) is 2.42. The lowest BCUT2D eigenvalue weighted by atomic mass is 9.78. The van der Waals surface area contributed by atoms with Crippen LogP contribution in [0.2, 0.25) is 0 Å². The highest BCUT2D eigenvalue weighted by Gasteiger charge is 2.39. The van der Waals surface area contributed by atoms with E-state index in [1.54, 1.807) is 0 Å². The van der Waals surface area contributed by atoms with Crippen molar-refractivity contribution in [2.24, 2.45) is 11.7 Å². The Morgan fingerprint density at radius 2 is 1.65 bits per heavy atom. The number of nitrogens with zero attached hydrogens (tertiary/aromatic N) is 1. The van der Waals surface area contributed by atoms with E-state index in [4.69, 9.17) is 5.73 Å². The Hall–Kier alpha value is -0.0800. The third kappa shape index (κ3) is 3.69. The maximum atomic E-state index is 6.59. The Kier molecular flexibility index (Phi) is 5.94. The molecule has 1 saturated carbocycles. The monoisotopic (exact) mass is 240 g/mol. The van der Waals surface area contributed by atoms with Gasteiger partial charge in [0.2, 0.25) is 0 Å². The Bertz CT molecular complexity index is 205. The van der Waals surface area contributed by atoms with Crippen LogP contribution >= 0.6 is 0 Å². The molecule has 2 unspecified atom stereocenters. The van der Waals surface area contributed by atoms with Crippen LogP contribution in [-0.2, 0) is 0 Å². The summed E-state index contributed by atoms with van der Waals surface area (Å²) in [6.45, 7) is 4.60. The fraction of sp³-hybridized carbons (Fsp3) is 1.00. The van der Waals surface area contributed by atoms with Gasteiger partial charge in [-0.1, -0.05) is 46.0 Å². The molecule has 1 rings (SSSR count). The number of hydrogen-bond donors (Lipinski definition) is 1. The largest absolute Gasteiger partial charge is 0.326 e. The minimum atomic E-state index is 0.264. The summed E-state index contributed by atoms with van der Waals surface area (Å²) in [7, 11) is 4.45. The number of hydrogen-bond acceptors (Lipinski definition) is 2. The summed E-state index contributed by atoms with van der Waals surface area (Å²) in [5.74, 6) is 0.755. The molecule has 0 aromatic rings. The average molecular weight is 240 g/mol. The molecule has 17 heavy (non-hydrogen) atoms. The summed E-state index contributed by atoms with van der Waals surface area (Å²) >= 11 is 0. The van der Waals surface area contributed by atoms with Crippen molar-refractivity contribution >= 4 is 0 Å². The normalized spacial score (nSPS) is 24.4. The van der Waals surface area contributed by atoms with Gasteiger partial charge >= 0.3 is 0 Å². The second kappa shape index (κ2) is 6.75. The van der Waals surface area contributed by atoms with E-state index in [1.807, 2.05) is 0 Å². The summed E-state index contributed by atoms with van der Waals surface area (Å²) in [5.41, 5.74) is 6.85. The molecule has 2 nitrogen and oxygen atoms in total. The maximum absolute atomic E-state index is 6.59. The van der Waals surface area contributed by atoms with Gasteiger partial charge in [0.05, 0.1) is 0 Å². The molecule has 0 spiro atoms. The third-order valence-corrected chi connectivity index (χ3v) is 4.90. The molecule has 0 amide bonds. The van der Waals surface area contributed by atoms with Gasteiger partial charge in [0.25, 0.3) is 0 Å². The minimum absolute atomic E-state index is 0.264. The molecule has 0 aliphatic heterocycles. The van der Waals surface area contributed by atoms with Gasteiger partial charge in [-0.2, -0.15) is 0 Å². The van der Waals surface area contributed by atoms with Crippen LogP contribution in [0.4, 0.5) is 0 Å². The lowest BCUT2D eigenvalue weighted by Crippen LogP contribution is -2.57. The van der Waals surface area contributed by atoms with Gasteiger partial charge in [-0.3, -0.25) is 0 Å². The highest BCUT2D eigenvalue weighted by Crippen LogP contribution is 2.35. The molecule has 2 N–H and O–H groups in total. The van der Waals surface area contributed by atoms with Gasteiger partial charge < -0.3 is 10.6 Å². The van der Waals surface area contributed by atoms with Crippen molar-refractivity contribution in [3.05, 3.63) is 0 Å². The molecule has 1 aliphatic rings. The fourth-order valence-corrected chi connectivity index (χ4v) is 3.31.